The van der Waals surface area contributed by atoms with Crippen molar-refractivity contribution in [2.24, 2.45) is 5.41 Å². The van der Waals surface area contributed by atoms with Gasteiger partial charge in [-0.05, 0) is 65.6 Å². The lowest BCUT2D eigenvalue weighted by molar-refractivity contribution is -0.897. The van der Waals surface area contributed by atoms with E-state index in [0.29, 0.717) is 5.92 Å². The first-order valence-corrected chi connectivity index (χ1v) is 17.9. The van der Waals surface area contributed by atoms with Crippen LogP contribution in [0.1, 0.15) is 151 Å². The third-order valence-electron chi connectivity index (χ3n) is 10.1. The number of aliphatic hydroxyl groups is 1. The molecule has 1 N–H and O–H groups in total. The largest absolute Gasteiger partial charge is 0.388 e. The minimum absolute atomic E-state index is 0.00162. The number of benzene rings is 1. The highest BCUT2D eigenvalue weighted by molar-refractivity contribution is 7.99. The van der Waals surface area contributed by atoms with E-state index in [0.717, 1.165) is 81.1 Å². The zero-order valence-electron chi connectivity index (χ0n) is 28.2. The van der Waals surface area contributed by atoms with Crippen LogP contribution in [0.15, 0.2) is 24.3 Å². The summed E-state index contributed by atoms with van der Waals surface area (Å²) in [6, 6.07) is 9.08. The molecule has 4 aliphatic rings. The van der Waals surface area contributed by atoms with Gasteiger partial charge in [-0.3, -0.25) is 4.84 Å². The number of thioether (sulfide) groups is 1. The van der Waals surface area contributed by atoms with Crippen LogP contribution in [0.3, 0.4) is 0 Å². The van der Waals surface area contributed by atoms with Crippen LogP contribution in [0.2, 0.25) is 0 Å². The molecule has 238 valence electrons. The Bertz CT molecular complexity index is 1270. The first-order chi connectivity index (χ1) is 20.3. The average molecular weight is 611 g/mol. The first-order valence-electron chi connectivity index (χ1n) is 16.6. The van der Waals surface area contributed by atoms with Crippen LogP contribution in [0.4, 0.5) is 0 Å². The summed E-state index contributed by atoms with van der Waals surface area (Å²) in [5, 5.41) is 12.6. The minimum Gasteiger partial charge on any atom is -0.388 e. The summed E-state index contributed by atoms with van der Waals surface area (Å²) >= 11 is 1.88. The lowest BCUT2D eigenvalue weighted by Crippen LogP contribution is -2.54. The Labute approximate surface area is 265 Å². The zero-order valence-corrected chi connectivity index (χ0v) is 29.0. The van der Waals surface area contributed by atoms with Crippen LogP contribution in [-0.2, 0) is 26.9 Å². The number of aromatic nitrogens is 1. The maximum Gasteiger partial charge on any atom is 0.244 e. The molecule has 1 saturated carbocycles. The first kappa shape index (κ1) is 32.8. The molecule has 6 rings (SSSR count). The molecule has 2 aliphatic carbocycles. The average Bonchev–Trinajstić information content (AvgIpc) is 3.57. The lowest BCUT2D eigenvalue weighted by Gasteiger charge is -2.36. The Kier molecular flexibility index (Phi) is 9.65. The van der Waals surface area contributed by atoms with Crippen molar-refractivity contribution in [2.45, 2.75) is 134 Å². The molecule has 1 spiro atoms. The van der Waals surface area contributed by atoms with Gasteiger partial charge in [0.1, 0.15) is 13.2 Å². The highest BCUT2D eigenvalue weighted by atomic mass is 32.2. The summed E-state index contributed by atoms with van der Waals surface area (Å²) in [6.45, 7) is 17.2. The summed E-state index contributed by atoms with van der Waals surface area (Å²) in [5.74, 6) is 0.335. The summed E-state index contributed by atoms with van der Waals surface area (Å²) in [7, 11) is 1.79. The lowest BCUT2D eigenvalue weighted by atomic mass is 9.70. The predicted octanol–water partition coefficient (Wildman–Crippen LogP) is 7.88. The fraction of sp³-hybridized carbons (Fsp3) is 0.703. The Hall–Kier alpha value is -1.60. The molecular formula is C37H56NO4S+. The molecule has 43 heavy (non-hydrogen) atoms. The van der Waals surface area contributed by atoms with Crippen molar-refractivity contribution in [1.29, 1.82) is 0 Å². The molecule has 2 atom stereocenters. The molecule has 2 aliphatic heterocycles. The van der Waals surface area contributed by atoms with Crippen molar-refractivity contribution in [3.8, 4) is 0 Å². The SMILES string of the molecule is CO[n+]1c2c(c3c(c1C1CCOCC1)C(c1ccc(C(C)(C)C)cc1)OC31CCCC1)C(O)CC(C)(C)C2.CSC(C)C. The van der Waals surface area contributed by atoms with Crippen LogP contribution < -0.4 is 9.57 Å². The number of rotatable bonds is 4. The molecule has 1 saturated heterocycles. The standard InChI is InChI=1S/C33H46NO4.C4H10S/c1-31(2,3)23-11-9-22(10-12-23)30-27-28(33(38-30)15-7-8-16-33)26-24(19-32(4,5)20-25(26)35)34(36-6)29(27)21-13-17-37-18-14-21;1-4(2)5-3/h9-12,21,25,30,35H,7-8,13-20H2,1-6H3;4H,1-3H3/q+1;. The van der Waals surface area contributed by atoms with Crippen molar-refractivity contribution < 1.29 is 24.1 Å². The van der Waals surface area contributed by atoms with Crippen molar-refractivity contribution in [1.82, 2.24) is 0 Å². The van der Waals surface area contributed by atoms with Crippen LogP contribution in [0.25, 0.3) is 0 Å². The summed E-state index contributed by atoms with van der Waals surface area (Å²) in [4.78, 5) is 6.27. The molecule has 0 radical (unpaired) electrons. The number of ether oxygens (including phenoxy) is 2. The second-order valence-electron chi connectivity index (χ2n) is 15.3. The molecule has 1 aromatic heterocycles. The summed E-state index contributed by atoms with van der Waals surface area (Å²) in [6.07, 6.45) is 9.39. The second kappa shape index (κ2) is 12.7. The van der Waals surface area contributed by atoms with Gasteiger partial charge < -0.3 is 14.6 Å². The van der Waals surface area contributed by atoms with Crippen molar-refractivity contribution in [3.63, 3.8) is 0 Å². The van der Waals surface area contributed by atoms with Crippen LogP contribution in [0, 0.1) is 5.41 Å². The Morgan fingerprint density at radius 3 is 2.16 bits per heavy atom. The van der Waals surface area contributed by atoms with E-state index in [9.17, 15) is 5.11 Å². The van der Waals surface area contributed by atoms with Gasteiger partial charge in [0.25, 0.3) is 0 Å². The highest BCUT2D eigenvalue weighted by Crippen LogP contribution is 2.59. The number of pyridine rings is 1. The van der Waals surface area contributed by atoms with E-state index in [2.05, 4.69) is 83.7 Å². The van der Waals surface area contributed by atoms with Gasteiger partial charge in [-0.1, -0.05) is 85.6 Å². The Morgan fingerprint density at radius 1 is 1.02 bits per heavy atom. The van der Waals surface area contributed by atoms with Crippen LogP contribution in [-0.4, -0.2) is 36.9 Å². The molecule has 2 fully saturated rings. The van der Waals surface area contributed by atoms with E-state index in [1.807, 2.05) is 11.8 Å². The number of hydrogen-bond donors (Lipinski definition) is 1. The monoisotopic (exact) mass is 610 g/mol. The zero-order chi connectivity index (χ0) is 31.2. The Balaban J connectivity index is 0.000000682. The van der Waals surface area contributed by atoms with Gasteiger partial charge in [0.15, 0.2) is 0 Å². The van der Waals surface area contributed by atoms with Gasteiger partial charge in [-0.2, -0.15) is 11.8 Å². The number of hydrogen-bond acceptors (Lipinski definition) is 5. The number of aliphatic hydroxyl groups excluding tert-OH is 1. The van der Waals surface area contributed by atoms with Gasteiger partial charge in [0, 0.05) is 29.9 Å². The predicted molar refractivity (Wildman–Crippen MR) is 176 cm³/mol. The number of fused-ring (bicyclic) bond motifs is 4. The fourth-order valence-corrected chi connectivity index (χ4v) is 7.83. The molecule has 0 bridgehead atoms. The normalized spacial score (nSPS) is 24.4. The van der Waals surface area contributed by atoms with E-state index < -0.39 is 6.10 Å². The van der Waals surface area contributed by atoms with Gasteiger partial charge in [0.05, 0.1) is 28.7 Å². The van der Waals surface area contributed by atoms with Crippen molar-refractivity contribution in [3.05, 3.63) is 63.5 Å². The second-order valence-corrected chi connectivity index (χ2v) is 16.7. The van der Waals surface area contributed by atoms with E-state index in [1.165, 1.54) is 27.9 Å². The summed E-state index contributed by atoms with van der Waals surface area (Å²) in [5.41, 5.74) is 8.35. The molecule has 5 nitrogen and oxygen atoms in total. The quantitative estimate of drug-likeness (QED) is 0.357. The minimum atomic E-state index is -0.518. The Morgan fingerprint density at radius 2 is 1.63 bits per heavy atom. The highest BCUT2D eigenvalue weighted by Gasteiger charge is 2.57. The van der Waals surface area contributed by atoms with E-state index in [4.69, 9.17) is 14.3 Å². The molecular weight excluding hydrogens is 554 g/mol. The van der Waals surface area contributed by atoms with Crippen LogP contribution >= 0.6 is 11.8 Å². The number of nitrogens with zero attached hydrogens (tertiary/aromatic N) is 1. The topological polar surface area (TPSA) is 51.8 Å². The molecule has 2 unspecified atom stereocenters. The maximum absolute atomic E-state index is 11.8. The van der Waals surface area contributed by atoms with Gasteiger partial charge in [-0.25, -0.2) is 0 Å². The third kappa shape index (κ3) is 6.41. The van der Waals surface area contributed by atoms with Crippen molar-refractivity contribution >= 4 is 11.8 Å². The van der Waals surface area contributed by atoms with Gasteiger partial charge in [0.2, 0.25) is 11.4 Å². The molecule has 0 amide bonds. The van der Waals surface area contributed by atoms with Gasteiger partial charge in [-0.15, -0.1) is 0 Å². The summed E-state index contributed by atoms with van der Waals surface area (Å²) < 4.78 is 15.2. The van der Waals surface area contributed by atoms with Gasteiger partial charge >= 0.3 is 0 Å². The van der Waals surface area contributed by atoms with E-state index in [-0.39, 0.29) is 22.5 Å². The third-order valence-corrected chi connectivity index (χ3v) is 11.1. The molecule has 6 heteroatoms. The van der Waals surface area contributed by atoms with Crippen molar-refractivity contribution in [2.75, 3.05) is 26.6 Å². The maximum atomic E-state index is 11.8. The van der Waals surface area contributed by atoms with Crippen LogP contribution in [0.5, 0.6) is 0 Å². The fourth-order valence-electron chi connectivity index (χ4n) is 7.83. The molecule has 1 aromatic carbocycles. The van der Waals surface area contributed by atoms with E-state index >= 15 is 0 Å². The molecule has 2 aromatic rings. The molecule has 3 heterocycles. The smallest absolute Gasteiger partial charge is 0.244 e. The van der Waals surface area contributed by atoms with E-state index in [1.54, 1.807) is 7.11 Å².